The van der Waals surface area contributed by atoms with Crippen molar-refractivity contribution < 1.29 is 4.74 Å². The number of aromatic nitrogens is 1. The number of rotatable bonds is 7. The van der Waals surface area contributed by atoms with Crippen LogP contribution in [0.3, 0.4) is 0 Å². The number of hydrogen-bond donors (Lipinski definition) is 1. The van der Waals surface area contributed by atoms with E-state index in [1.807, 2.05) is 6.92 Å². The first kappa shape index (κ1) is 15.2. The van der Waals surface area contributed by atoms with Crippen molar-refractivity contribution in [1.29, 1.82) is 0 Å². The van der Waals surface area contributed by atoms with Gasteiger partial charge in [-0.25, -0.2) is 4.98 Å². The van der Waals surface area contributed by atoms with Gasteiger partial charge in [0.1, 0.15) is 5.01 Å². The molecule has 1 heterocycles. The Balaban J connectivity index is 2.21. The third-order valence-electron chi connectivity index (χ3n) is 3.11. The minimum absolute atomic E-state index is 0.185. The highest BCUT2D eigenvalue weighted by atomic mass is 32.1. The molecule has 0 aliphatic rings. The van der Waals surface area contributed by atoms with Crippen LogP contribution in [-0.2, 0) is 11.3 Å². The molecule has 0 aliphatic carbocycles. The maximum atomic E-state index is 5.16. The van der Waals surface area contributed by atoms with Gasteiger partial charge in [0.15, 0.2) is 0 Å². The highest BCUT2D eigenvalue weighted by molar-refractivity contribution is 7.09. The van der Waals surface area contributed by atoms with Crippen LogP contribution in [0, 0.1) is 6.92 Å². The maximum Gasteiger partial charge on any atom is 0.114 e. The molecular formula is C16H22N2OS. The SMILES string of the molecule is CCCNC(c1ccc(COC)cc1)c1nc(C)cs1. The number of aryl methyl sites for hydroxylation is 1. The van der Waals surface area contributed by atoms with Crippen LogP contribution < -0.4 is 5.32 Å². The minimum Gasteiger partial charge on any atom is -0.380 e. The number of benzene rings is 1. The molecule has 0 spiro atoms. The predicted molar refractivity (Wildman–Crippen MR) is 84.1 cm³/mol. The van der Waals surface area contributed by atoms with E-state index in [9.17, 15) is 0 Å². The Morgan fingerprint density at radius 3 is 2.60 bits per heavy atom. The Labute approximate surface area is 125 Å². The molecule has 1 aromatic carbocycles. The van der Waals surface area contributed by atoms with E-state index in [-0.39, 0.29) is 6.04 Å². The summed E-state index contributed by atoms with van der Waals surface area (Å²) >= 11 is 1.72. The first-order chi connectivity index (χ1) is 9.74. The number of hydrogen-bond acceptors (Lipinski definition) is 4. The lowest BCUT2D eigenvalue weighted by atomic mass is 10.1. The van der Waals surface area contributed by atoms with Crippen molar-refractivity contribution >= 4 is 11.3 Å². The van der Waals surface area contributed by atoms with E-state index < -0.39 is 0 Å². The zero-order chi connectivity index (χ0) is 14.4. The van der Waals surface area contributed by atoms with Crippen LogP contribution in [0.25, 0.3) is 0 Å². The number of thiazole rings is 1. The summed E-state index contributed by atoms with van der Waals surface area (Å²) in [6.07, 6.45) is 1.11. The van der Waals surface area contributed by atoms with E-state index in [1.54, 1.807) is 18.4 Å². The first-order valence-corrected chi connectivity index (χ1v) is 7.85. The number of nitrogens with one attached hydrogen (secondary N) is 1. The lowest BCUT2D eigenvalue weighted by molar-refractivity contribution is 0.185. The van der Waals surface area contributed by atoms with E-state index in [1.165, 1.54) is 11.1 Å². The Bertz CT molecular complexity index is 522. The molecule has 0 bridgehead atoms. The van der Waals surface area contributed by atoms with Gasteiger partial charge in [-0.15, -0.1) is 11.3 Å². The molecule has 4 heteroatoms. The summed E-state index contributed by atoms with van der Waals surface area (Å²) in [4.78, 5) is 4.63. The fraction of sp³-hybridized carbons (Fsp3) is 0.438. The summed E-state index contributed by atoms with van der Waals surface area (Å²) in [6.45, 7) is 5.87. The monoisotopic (exact) mass is 290 g/mol. The molecule has 0 aliphatic heterocycles. The van der Waals surface area contributed by atoms with Gasteiger partial charge in [-0.3, -0.25) is 0 Å². The molecule has 1 aromatic heterocycles. The quantitative estimate of drug-likeness (QED) is 0.844. The second kappa shape index (κ2) is 7.53. The lowest BCUT2D eigenvalue weighted by Crippen LogP contribution is -2.23. The van der Waals surface area contributed by atoms with Crippen LogP contribution in [0.1, 0.15) is 41.2 Å². The topological polar surface area (TPSA) is 34.1 Å². The second-order valence-corrected chi connectivity index (χ2v) is 5.78. The zero-order valence-electron chi connectivity index (χ0n) is 12.3. The molecule has 3 nitrogen and oxygen atoms in total. The fourth-order valence-corrected chi connectivity index (χ4v) is 3.01. The summed E-state index contributed by atoms with van der Waals surface area (Å²) in [6, 6.07) is 8.77. The molecule has 2 aromatic rings. The van der Waals surface area contributed by atoms with Crippen molar-refractivity contribution in [3.63, 3.8) is 0 Å². The Hall–Kier alpha value is -1.23. The van der Waals surface area contributed by atoms with E-state index in [2.05, 4.69) is 46.9 Å². The molecule has 0 fully saturated rings. The fourth-order valence-electron chi connectivity index (χ4n) is 2.11. The zero-order valence-corrected chi connectivity index (χ0v) is 13.2. The lowest BCUT2D eigenvalue weighted by Gasteiger charge is -2.17. The molecule has 0 radical (unpaired) electrons. The van der Waals surface area contributed by atoms with Crippen LogP contribution in [0.5, 0.6) is 0 Å². The molecule has 2 rings (SSSR count). The first-order valence-electron chi connectivity index (χ1n) is 6.97. The molecule has 0 saturated carbocycles. The van der Waals surface area contributed by atoms with Crippen molar-refractivity contribution in [3.05, 3.63) is 51.5 Å². The van der Waals surface area contributed by atoms with E-state index >= 15 is 0 Å². The molecule has 0 saturated heterocycles. The average Bonchev–Trinajstić information content (AvgIpc) is 2.88. The summed E-state index contributed by atoms with van der Waals surface area (Å²) in [5.41, 5.74) is 3.54. The maximum absolute atomic E-state index is 5.16. The Morgan fingerprint density at radius 2 is 2.05 bits per heavy atom. The van der Waals surface area contributed by atoms with Gasteiger partial charge < -0.3 is 10.1 Å². The van der Waals surface area contributed by atoms with Gasteiger partial charge >= 0.3 is 0 Å². The number of nitrogens with zero attached hydrogens (tertiary/aromatic N) is 1. The molecule has 108 valence electrons. The van der Waals surface area contributed by atoms with Gasteiger partial charge in [0.25, 0.3) is 0 Å². The largest absolute Gasteiger partial charge is 0.380 e. The van der Waals surface area contributed by atoms with Gasteiger partial charge in [0.05, 0.1) is 12.6 Å². The molecule has 1 N–H and O–H groups in total. The second-order valence-electron chi connectivity index (χ2n) is 4.89. The highest BCUT2D eigenvalue weighted by Crippen LogP contribution is 2.25. The molecule has 1 unspecified atom stereocenters. The van der Waals surface area contributed by atoms with Gasteiger partial charge in [-0.2, -0.15) is 0 Å². The Kier molecular flexibility index (Phi) is 5.71. The summed E-state index contributed by atoms with van der Waals surface area (Å²) < 4.78 is 5.16. The molecule has 0 amide bonds. The standard InChI is InChI=1S/C16H22N2OS/c1-4-9-17-15(16-18-12(2)11-20-16)14-7-5-13(6-8-14)10-19-3/h5-8,11,15,17H,4,9-10H2,1-3H3. The third kappa shape index (κ3) is 3.88. The smallest absolute Gasteiger partial charge is 0.114 e. The van der Waals surface area contributed by atoms with Crippen molar-refractivity contribution in [1.82, 2.24) is 10.3 Å². The van der Waals surface area contributed by atoms with Crippen LogP contribution in [-0.4, -0.2) is 18.6 Å². The number of methoxy groups -OCH3 is 1. The van der Waals surface area contributed by atoms with Gasteiger partial charge in [-0.1, -0.05) is 31.2 Å². The predicted octanol–water partition coefficient (Wildman–Crippen LogP) is 3.69. The third-order valence-corrected chi connectivity index (χ3v) is 4.13. The van der Waals surface area contributed by atoms with Crippen molar-refractivity contribution in [3.8, 4) is 0 Å². The number of ether oxygens (including phenoxy) is 1. The molecule has 20 heavy (non-hydrogen) atoms. The highest BCUT2D eigenvalue weighted by Gasteiger charge is 2.16. The molecule has 1 atom stereocenters. The summed E-state index contributed by atoms with van der Waals surface area (Å²) in [7, 11) is 1.72. The van der Waals surface area contributed by atoms with E-state index in [4.69, 9.17) is 4.74 Å². The minimum atomic E-state index is 0.185. The average molecular weight is 290 g/mol. The van der Waals surface area contributed by atoms with Crippen LogP contribution in [0.15, 0.2) is 29.6 Å². The van der Waals surface area contributed by atoms with Crippen molar-refractivity contribution in [2.75, 3.05) is 13.7 Å². The van der Waals surface area contributed by atoms with Crippen LogP contribution >= 0.6 is 11.3 Å². The normalized spacial score (nSPS) is 12.6. The van der Waals surface area contributed by atoms with Crippen LogP contribution in [0.2, 0.25) is 0 Å². The summed E-state index contributed by atoms with van der Waals surface area (Å²) in [5, 5.41) is 6.82. The van der Waals surface area contributed by atoms with E-state index in [0.29, 0.717) is 6.61 Å². The van der Waals surface area contributed by atoms with E-state index in [0.717, 1.165) is 23.7 Å². The van der Waals surface area contributed by atoms with Crippen molar-refractivity contribution in [2.45, 2.75) is 32.9 Å². The molecular weight excluding hydrogens is 268 g/mol. The van der Waals surface area contributed by atoms with Crippen LogP contribution in [0.4, 0.5) is 0 Å². The van der Waals surface area contributed by atoms with Gasteiger partial charge in [0, 0.05) is 18.2 Å². The summed E-state index contributed by atoms with van der Waals surface area (Å²) in [5.74, 6) is 0. The van der Waals surface area contributed by atoms with Crippen molar-refractivity contribution in [2.24, 2.45) is 0 Å². The van der Waals surface area contributed by atoms with Gasteiger partial charge in [0.2, 0.25) is 0 Å². The van der Waals surface area contributed by atoms with Gasteiger partial charge in [-0.05, 0) is 31.0 Å². The Morgan fingerprint density at radius 1 is 1.30 bits per heavy atom.